The fourth-order valence-electron chi connectivity index (χ4n) is 1.02. The minimum absolute atomic E-state index is 0. The van der Waals surface area contributed by atoms with Crippen LogP contribution >= 0.6 is 0 Å². The molecule has 0 spiro atoms. The first-order valence-corrected chi connectivity index (χ1v) is 5.57. The van der Waals surface area contributed by atoms with E-state index in [9.17, 15) is 5.11 Å². The van der Waals surface area contributed by atoms with Crippen LogP contribution in [0.25, 0.3) is 0 Å². The summed E-state index contributed by atoms with van der Waals surface area (Å²) in [5, 5.41) is 9.69. The molecule has 0 N–H and O–H groups in total. The number of nitrogens with zero attached hydrogens (tertiary/aromatic N) is 1. The molecule has 0 aromatic rings. The van der Waals surface area contributed by atoms with E-state index < -0.39 is 0 Å². The van der Waals surface area contributed by atoms with Gasteiger partial charge in [-0.15, -0.1) is 6.61 Å². The molecule has 0 heterocycles. The van der Waals surface area contributed by atoms with Crippen molar-refractivity contribution in [2.75, 3.05) is 26.2 Å². The van der Waals surface area contributed by atoms with Gasteiger partial charge in [-0.3, -0.25) is 0 Å². The number of hydrogen-bond donors (Lipinski definition) is 0. The number of hydrogen-bond acceptors (Lipinski definition) is 2. The van der Waals surface area contributed by atoms with Gasteiger partial charge in [-0.05, 0) is 19.6 Å². The van der Waals surface area contributed by atoms with E-state index in [4.69, 9.17) is 0 Å². The van der Waals surface area contributed by atoms with Crippen molar-refractivity contribution in [1.82, 2.24) is 4.90 Å². The van der Waals surface area contributed by atoms with Gasteiger partial charge in [-0.25, -0.2) is 0 Å². The van der Waals surface area contributed by atoms with Crippen molar-refractivity contribution in [1.29, 1.82) is 0 Å². The molecule has 85 valence electrons. The van der Waals surface area contributed by atoms with Gasteiger partial charge in [0.2, 0.25) is 0 Å². The first-order valence-electron chi connectivity index (χ1n) is 5.57. The summed E-state index contributed by atoms with van der Waals surface area (Å²) in [6.45, 7) is 12.3. The molecule has 0 aromatic carbocycles. The molecule has 0 aromatic heterocycles. The van der Waals surface area contributed by atoms with E-state index in [-0.39, 0.29) is 44.6 Å². The van der Waals surface area contributed by atoms with Crippen molar-refractivity contribution < 1.29 is 34.7 Å². The predicted molar refractivity (Wildman–Crippen MR) is 63.6 cm³/mol. The molecule has 0 saturated heterocycles. The molecule has 0 fully saturated rings. The standard InChI is InChI=1S/C6H15N.C5H11O.B.Na/c1-4-7(5-2)6-3;1-2-3-4-5-6;;/h4-6H2,1-3H3;2-5H2,1H3;;/q;-1;;+1. The second kappa shape index (κ2) is 24.3. The molecule has 4 heteroatoms. The summed E-state index contributed by atoms with van der Waals surface area (Å²) < 4.78 is 0. The molecule has 0 aliphatic carbocycles. The van der Waals surface area contributed by atoms with Gasteiger partial charge in [0.1, 0.15) is 0 Å². The Morgan fingerprint density at radius 3 is 1.33 bits per heavy atom. The van der Waals surface area contributed by atoms with Crippen molar-refractivity contribution in [3.05, 3.63) is 0 Å². The van der Waals surface area contributed by atoms with Gasteiger partial charge in [0.25, 0.3) is 0 Å². The molecule has 0 saturated carbocycles. The summed E-state index contributed by atoms with van der Waals surface area (Å²) in [6.07, 6.45) is 3.11. The van der Waals surface area contributed by atoms with Crippen LogP contribution in [0.3, 0.4) is 0 Å². The fourth-order valence-corrected chi connectivity index (χ4v) is 1.02. The largest absolute Gasteiger partial charge is 1.00 e. The van der Waals surface area contributed by atoms with Gasteiger partial charge in [-0.2, -0.15) is 0 Å². The molecule has 0 amide bonds. The van der Waals surface area contributed by atoms with Crippen molar-refractivity contribution in [2.45, 2.75) is 47.0 Å². The summed E-state index contributed by atoms with van der Waals surface area (Å²) in [7, 11) is 0. The van der Waals surface area contributed by atoms with Crippen molar-refractivity contribution in [3.8, 4) is 0 Å². The Morgan fingerprint density at radius 2 is 1.27 bits per heavy atom. The molecule has 0 aliphatic rings. The first-order chi connectivity index (χ1) is 6.26. The van der Waals surface area contributed by atoms with Crippen LogP contribution in [-0.2, 0) is 0 Å². The SMILES string of the molecule is CCCCC[O-].CCN(CC)CC.[B].[Na+]. The number of unbranched alkanes of at least 4 members (excludes halogenated alkanes) is 2. The Morgan fingerprint density at radius 1 is 0.867 bits per heavy atom. The zero-order chi connectivity index (χ0) is 10.5. The summed E-state index contributed by atoms with van der Waals surface area (Å²) in [5.74, 6) is 0. The van der Waals surface area contributed by atoms with E-state index >= 15 is 0 Å². The molecular weight excluding hydrogens is 196 g/mol. The second-order valence-corrected chi connectivity index (χ2v) is 3.03. The minimum Gasteiger partial charge on any atom is -0.854 e. The molecule has 2 nitrogen and oxygen atoms in total. The van der Waals surface area contributed by atoms with Crippen molar-refractivity contribution in [3.63, 3.8) is 0 Å². The van der Waals surface area contributed by atoms with E-state index in [1.807, 2.05) is 0 Å². The molecule has 0 bridgehead atoms. The summed E-state index contributed by atoms with van der Waals surface area (Å²) in [5.41, 5.74) is 0. The Hall–Kier alpha value is 0.985. The van der Waals surface area contributed by atoms with Crippen LogP contribution in [0.1, 0.15) is 47.0 Å². The van der Waals surface area contributed by atoms with Gasteiger partial charge in [0.15, 0.2) is 0 Å². The fraction of sp³-hybridized carbons (Fsp3) is 1.00. The van der Waals surface area contributed by atoms with Crippen molar-refractivity contribution >= 4 is 8.41 Å². The van der Waals surface area contributed by atoms with Crippen LogP contribution in [0.5, 0.6) is 0 Å². The number of rotatable bonds is 6. The Balaban J connectivity index is -0.0000000718. The topological polar surface area (TPSA) is 26.3 Å². The van der Waals surface area contributed by atoms with E-state index in [1.54, 1.807) is 0 Å². The van der Waals surface area contributed by atoms with Gasteiger partial charge < -0.3 is 10.0 Å². The molecule has 0 aliphatic heterocycles. The van der Waals surface area contributed by atoms with Crippen LogP contribution < -0.4 is 34.7 Å². The smallest absolute Gasteiger partial charge is 0.854 e. The molecule has 15 heavy (non-hydrogen) atoms. The quantitative estimate of drug-likeness (QED) is 0.404. The average Bonchev–Trinajstić information content (AvgIpc) is 2.18. The third-order valence-electron chi connectivity index (χ3n) is 2.09. The van der Waals surface area contributed by atoms with Gasteiger partial charge in [-0.1, -0.05) is 47.0 Å². The first kappa shape index (κ1) is 25.0. The van der Waals surface area contributed by atoms with Gasteiger partial charge in [0, 0.05) is 8.41 Å². The summed E-state index contributed by atoms with van der Waals surface area (Å²) in [6, 6.07) is 0. The third kappa shape index (κ3) is 25.3. The Labute approximate surface area is 121 Å². The Bertz CT molecular complexity index is 73.5. The zero-order valence-electron chi connectivity index (χ0n) is 11.4. The maximum Gasteiger partial charge on any atom is 1.00 e. The monoisotopic (exact) mass is 222 g/mol. The van der Waals surface area contributed by atoms with Crippen molar-refractivity contribution in [2.24, 2.45) is 0 Å². The Kier molecular flexibility index (Phi) is 40.5. The van der Waals surface area contributed by atoms with Crippen LogP contribution in [0.4, 0.5) is 0 Å². The maximum absolute atomic E-state index is 9.69. The van der Waals surface area contributed by atoms with Crippen LogP contribution in [0.2, 0.25) is 0 Å². The molecule has 0 atom stereocenters. The molecule has 0 rings (SSSR count). The van der Waals surface area contributed by atoms with E-state index in [2.05, 4.69) is 32.6 Å². The van der Waals surface area contributed by atoms with E-state index in [1.165, 1.54) is 19.6 Å². The zero-order valence-corrected chi connectivity index (χ0v) is 13.4. The second-order valence-electron chi connectivity index (χ2n) is 3.03. The van der Waals surface area contributed by atoms with E-state index in [0.717, 1.165) is 19.3 Å². The molecule has 0 unspecified atom stereocenters. The van der Waals surface area contributed by atoms with Gasteiger partial charge in [0.05, 0.1) is 0 Å². The van der Waals surface area contributed by atoms with Crippen LogP contribution in [-0.4, -0.2) is 39.6 Å². The van der Waals surface area contributed by atoms with Crippen LogP contribution in [0, 0.1) is 0 Å². The predicted octanol–water partition coefficient (Wildman–Crippen LogP) is -1.49. The van der Waals surface area contributed by atoms with Crippen LogP contribution in [0.15, 0.2) is 0 Å². The van der Waals surface area contributed by atoms with E-state index in [0.29, 0.717) is 0 Å². The van der Waals surface area contributed by atoms with Gasteiger partial charge >= 0.3 is 29.6 Å². The average molecular weight is 222 g/mol. The molecule has 3 radical (unpaired) electrons. The molecular formula is C11H26BNNaO. The normalized spacial score (nSPS) is 8.40. The summed E-state index contributed by atoms with van der Waals surface area (Å²) in [4.78, 5) is 2.38. The minimum atomic E-state index is 0. The maximum atomic E-state index is 9.69. The summed E-state index contributed by atoms with van der Waals surface area (Å²) >= 11 is 0. The third-order valence-corrected chi connectivity index (χ3v) is 2.09.